The molecule has 0 fully saturated rings. The number of hydrogen-bond donors (Lipinski definition) is 1. The van der Waals surface area contributed by atoms with Crippen LogP contribution < -0.4 is 5.73 Å². The van der Waals surface area contributed by atoms with E-state index in [2.05, 4.69) is 18.8 Å². The Hall–Kier alpha value is -0.980. The minimum atomic E-state index is -3.48. The van der Waals surface area contributed by atoms with Crippen molar-refractivity contribution in [2.45, 2.75) is 44.7 Å². The molecule has 0 aromatic carbocycles. The molecule has 0 saturated heterocycles. The SMILES string of the molecule is CC(C)CC(C)N(C)S(=O)(=O)c1ccc(CN)nc1. The summed E-state index contributed by atoms with van der Waals surface area (Å²) in [6.45, 7) is 6.38. The van der Waals surface area contributed by atoms with E-state index < -0.39 is 10.0 Å². The Balaban J connectivity index is 2.95. The predicted molar refractivity (Wildman–Crippen MR) is 76.0 cm³/mol. The van der Waals surface area contributed by atoms with Gasteiger partial charge in [0.15, 0.2) is 0 Å². The van der Waals surface area contributed by atoms with Gasteiger partial charge in [0, 0.05) is 25.8 Å². The second kappa shape index (κ2) is 6.45. The van der Waals surface area contributed by atoms with E-state index in [1.807, 2.05) is 6.92 Å². The van der Waals surface area contributed by atoms with E-state index in [4.69, 9.17) is 5.73 Å². The molecule has 2 N–H and O–H groups in total. The van der Waals surface area contributed by atoms with Gasteiger partial charge in [0.25, 0.3) is 0 Å². The number of sulfonamides is 1. The van der Waals surface area contributed by atoms with Crippen molar-refractivity contribution in [2.24, 2.45) is 11.7 Å². The molecule has 0 saturated carbocycles. The maximum Gasteiger partial charge on any atom is 0.244 e. The summed E-state index contributed by atoms with van der Waals surface area (Å²) in [4.78, 5) is 4.25. The Morgan fingerprint density at radius 2 is 1.95 bits per heavy atom. The van der Waals surface area contributed by atoms with Gasteiger partial charge in [0.1, 0.15) is 4.90 Å². The van der Waals surface area contributed by atoms with Crippen molar-refractivity contribution in [3.8, 4) is 0 Å². The predicted octanol–water partition coefficient (Wildman–Crippen LogP) is 1.60. The lowest BCUT2D eigenvalue weighted by atomic mass is 10.1. The molecule has 0 aliphatic rings. The van der Waals surface area contributed by atoms with Gasteiger partial charge in [-0.15, -0.1) is 0 Å². The molecule has 1 aromatic heterocycles. The zero-order valence-electron chi connectivity index (χ0n) is 12.0. The molecule has 108 valence electrons. The van der Waals surface area contributed by atoms with Crippen molar-refractivity contribution in [3.05, 3.63) is 24.0 Å². The van der Waals surface area contributed by atoms with Crippen molar-refractivity contribution < 1.29 is 8.42 Å². The van der Waals surface area contributed by atoms with Gasteiger partial charge in [0.2, 0.25) is 10.0 Å². The van der Waals surface area contributed by atoms with E-state index >= 15 is 0 Å². The third-order valence-corrected chi connectivity index (χ3v) is 5.07. The molecule has 0 radical (unpaired) electrons. The number of nitrogens with zero attached hydrogens (tertiary/aromatic N) is 2. The minimum Gasteiger partial charge on any atom is -0.325 e. The Labute approximate surface area is 115 Å². The highest BCUT2D eigenvalue weighted by Gasteiger charge is 2.25. The fraction of sp³-hybridized carbons (Fsp3) is 0.615. The van der Waals surface area contributed by atoms with Crippen LogP contribution in [0, 0.1) is 5.92 Å². The highest BCUT2D eigenvalue weighted by molar-refractivity contribution is 7.89. The van der Waals surface area contributed by atoms with Crippen LogP contribution in [0.2, 0.25) is 0 Å². The molecule has 1 aromatic rings. The molecule has 6 heteroatoms. The average Bonchev–Trinajstić information content (AvgIpc) is 2.37. The van der Waals surface area contributed by atoms with Gasteiger partial charge in [0.05, 0.1) is 5.69 Å². The van der Waals surface area contributed by atoms with Crippen LogP contribution >= 0.6 is 0 Å². The van der Waals surface area contributed by atoms with E-state index in [-0.39, 0.29) is 10.9 Å². The molecule has 0 amide bonds. The number of nitrogens with two attached hydrogens (primary N) is 1. The third kappa shape index (κ3) is 3.99. The molecule has 1 atom stereocenters. The first-order chi connectivity index (χ1) is 8.78. The molecule has 0 spiro atoms. The Morgan fingerprint density at radius 3 is 2.37 bits per heavy atom. The topological polar surface area (TPSA) is 76.3 Å². The maximum absolute atomic E-state index is 12.4. The van der Waals surface area contributed by atoms with Crippen LogP contribution in [0.5, 0.6) is 0 Å². The summed E-state index contributed by atoms with van der Waals surface area (Å²) >= 11 is 0. The zero-order valence-corrected chi connectivity index (χ0v) is 12.8. The van der Waals surface area contributed by atoms with Crippen LogP contribution in [0.15, 0.2) is 23.2 Å². The minimum absolute atomic E-state index is 0.0424. The lowest BCUT2D eigenvalue weighted by Crippen LogP contribution is -2.36. The highest BCUT2D eigenvalue weighted by atomic mass is 32.2. The van der Waals surface area contributed by atoms with Crippen LogP contribution in [0.25, 0.3) is 0 Å². The number of aromatic nitrogens is 1. The summed E-state index contributed by atoms with van der Waals surface area (Å²) in [5.41, 5.74) is 6.13. The summed E-state index contributed by atoms with van der Waals surface area (Å²) in [6.07, 6.45) is 2.19. The first-order valence-electron chi connectivity index (χ1n) is 6.42. The summed E-state index contributed by atoms with van der Waals surface area (Å²) in [5.74, 6) is 0.449. The largest absolute Gasteiger partial charge is 0.325 e. The molecule has 0 aliphatic heterocycles. The van der Waals surface area contributed by atoms with E-state index in [0.717, 1.165) is 6.42 Å². The highest BCUT2D eigenvalue weighted by Crippen LogP contribution is 2.19. The molecular formula is C13H23N3O2S. The van der Waals surface area contributed by atoms with Gasteiger partial charge < -0.3 is 5.73 Å². The lowest BCUT2D eigenvalue weighted by Gasteiger charge is -2.25. The zero-order chi connectivity index (χ0) is 14.6. The van der Waals surface area contributed by atoms with Crippen LogP contribution in [-0.2, 0) is 16.6 Å². The molecule has 0 bridgehead atoms. The van der Waals surface area contributed by atoms with Crippen molar-refractivity contribution >= 4 is 10.0 Å². The van der Waals surface area contributed by atoms with E-state index in [1.54, 1.807) is 19.2 Å². The first kappa shape index (κ1) is 16.1. The average molecular weight is 285 g/mol. The van der Waals surface area contributed by atoms with Gasteiger partial charge >= 0.3 is 0 Å². The van der Waals surface area contributed by atoms with Crippen molar-refractivity contribution in [1.82, 2.24) is 9.29 Å². The van der Waals surface area contributed by atoms with Gasteiger partial charge in [-0.25, -0.2) is 8.42 Å². The Bertz CT molecular complexity index is 497. The van der Waals surface area contributed by atoms with Crippen LogP contribution in [0.4, 0.5) is 0 Å². The van der Waals surface area contributed by atoms with Gasteiger partial charge in [-0.2, -0.15) is 4.31 Å². The normalized spacial score (nSPS) is 14.1. The monoisotopic (exact) mass is 285 g/mol. The Morgan fingerprint density at radius 1 is 1.32 bits per heavy atom. The first-order valence-corrected chi connectivity index (χ1v) is 7.86. The van der Waals surface area contributed by atoms with Gasteiger partial charge in [-0.1, -0.05) is 13.8 Å². The molecule has 0 aliphatic carbocycles. The third-order valence-electron chi connectivity index (χ3n) is 3.12. The standard InChI is InChI=1S/C13H23N3O2S/c1-10(2)7-11(3)16(4)19(17,18)13-6-5-12(8-14)15-9-13/h5-6,9-11H,7-8,14H2,1-4H3. The molecule has 1 heterocycles. The second-order valence-corrected chi connectivity index (χ2v) is 7.19. The molecular weight excluding hydrogens is 262 g/mol. The van der Waals surface area contributed by atoms with E-state index in [1.165, 1.54) is 10.5 Å². The molecule has 19 heavy (non-hydrogen) atoms. The maximum atomic E-state index is 12.4. The fourth-order valence-electron chi connectivity index (χ4n) is 1.92. The van der Waals surface area contributed by atoms with Crippen LogP contribution in [0.1, 0.15) is 32.9 Å². The summed E-state index contributed by atoms with van der Waals surface area (Å²) in [5, 5.41) is 0. The molecule has 5 nitrogen and oxygen atoms in total. The van der Waals surface area contributed by atoms with Gasteiger partial charge in [-0.3, -0.25) is 4.98 Å². The van der Waals surface area contributed by atoms with E-state index in [9.17, 15) is 8.42 Å². The van der Waals surface area contributed by atoms with Crippen molar-refractivity contribution in [2.75, 3.05) is 7.05 Å². The van der Waals surface area contributed by atoms with Crippen molar-refractivity contribution in [3.63, 3.8) is 0 Å². The van der Waals surface area contributed by atoms with Crippen molar-refractivity contribution in [1.29, 1.82) is 0 Å². The Kier molecular flexibility index (Phi) is 5.46. The van der Waals surface area contributed by atoms with Crippen LogP contribution in [0.3, 0.4) is 0 Å². The smallest absolute Gasteiger partial charge is 0.244 e. The second-order valence-electron chi connectivity index (χ2n) is 5.19. The molecule has 1 unspecified atom stereocenters. The van der Waals surface area contributed by atoms with Gasteiger partial charge in [-0.05, 0) is 31.4 Å². The van der Waals surface area contributed by atoms with E-state index in [0.29, 0.717) is 18.2 Å². The lowest BCUT2D eigenvalue weighted by molar-refractivity contribution is 0.337. The van der Waals surface area contributed by atoms with Crippen LogP contribution in [-0.4, -0.2) is 30.8 Å². The number of hydrogen-bond acceptors (Lipinski definition) is 4. The molecule has 1 rings (SSSR count). The fourth-order valence-corrected chi connectivity index (χ4v) is 3.24. The summed E-state index contributed by atoms with van der Waals surface area (Å²) < 4.78 is 26.2. The number of rotatable bonds is 6. The quantitative estimate of drug-likeness (QED) is 0.861. The number of pyridine rings is 1. The summed E-state index contributed by atoms with van der Waals surface area (Å²) in [7, 11) is -1.87. The summed E-state index contributed by atoms with van der Waals surface area (Å²) in [6, 6.07) is 3.16.